The molecule has 4 heteroatoms. The lowest BCUT2D eigenvalue weighted by atomic mass is 9.89. The van der Waals surface area contributed by atoms with E-state index in [2.05, 4.69) is 41.3 Å². The zero-order valence-electron chi connectivity index (χ0n) is 13.7. The molecule has 4 nitrogen and oxygen atoms in total. The highest BCUT2D eigenvalue weighted by Gasteiger charge is 2.26. The van der Waals surface area contributed by atoms with Gasteiger partial charge in [-0.2, -0.15) is 5.26 Å². The largest absolute Gasteiger partial charge is 0.340 e. The first kappa shape index (κ1) is 16.0. The number of hydrogen-bond acceptors (Lipinski definition) is 3. The van der Waals surface area contributed by atoms with Crippen LogP contribution >= 0.6 is 0 Å². The number of rotatable bonds is 3. The lowest BCUT2D eigenvalue weighted by Gasteiger charge is -2.35. The molecule has 122 valence electrons. The Balaban J connectivity index is 1.47. The van der Waals surface area contributed by atoms with Crippen molar-refractivity contribution in [3.8, 4) is 6.07 Å². The van der Waals surface area contributed by atoms with Crippen LogP contribution in [0.5, 0.6) is 0 Å². The van der Waals surface area contributed by atoms with Crippen molar-refractivity contribution in [2.45, 2.75) is 31.6 Å². The summed E-state index contributed by atoms with van der Waals surface area (Å²) in [5, 5.41) is 9.05. The van der Waals surface area contributed by atoms with Gasteiger partial charge in [0.1, 0.15) is 0 Å². The highest BCUT2D eigenvalue weighted by atomic mass is 16.2. The molecule has 23 heavy (non-hydrogen) atoms. The highest BCUT2D eigenvalue weighted by Crippen LogP contribution is 2.27. The molecule has 2 saturated heterocycles. The molecular weight excluding hydrogens is 286 g/mol. The van der Waals surface area contributed by atoms with Gasteiger partial charge in [0.05, 0.1) is 18.5 Å². The fourth-order valence-electron chi connectivity index (χ4n) is 3.75. The number of piperidine rings is 2. The summed E-state index contributed by atoms with van der Waals surface area (Å²) in [6.45, 7) is 3.93. The van der Waals surface area contributed by atoms with Gasteiger partial charge in [-0.25, -0.2) is 0 Å². The van der Waals surface area contributed by atoms with Crippen molar-refractivity contribution in [2.24, 2.45) is 5.92 Å². The first-order chi connectivity index (χ1) is 11.3. The Kier molecular flexibility index (Phi) is 5.30. The van der Waals surface area contributed by atoms with E-state index in [4.69, 9.17) is 5.26 Å². The van der Waals surface area contributed by atoms with Crippen LogP contribution in [0.3, 0.4) is 0 Å². The van der Waals surface area contributed by atoms with E-state index in [1.807, 2.05) is 4.90 Å². The summed E-state index contributed by atoms with van der Waals surface area (Å²) in [6, 6.07) is 13.0. The Morgan fingerprint density at radius 1 is 1.13 bits per heavy atom. The fourth-order valence-corrected chi connectivity index (χ4v) is 3.75. The average Bonchev–Trinajstić information content (AvgIpc) is 2.63. The molecule has 0 bridgehead atoms. The Bertz CT molecular complexity index is 558. The van der Waals surface area contributed by atoms with Gasteiger partial charge in [0.25, 0.3) is 0 Å². The van der Waals surface area contributed by atoms with Crippen molar-refractivity contribution >= 4 is 5.91 Å². The number of carbonyl (C=O) groups excluding carboxylic acids is 1. The SMILES string of the molecule is N#C[C@@H]1CCCN(C(=O)CN2CCC(c3ccccc3)CC2)C1. The monoisotopic (exact) mass is 311 g/mol. The maximum absolute atomic E-state index is 12.5. The highest BCUT2D eigenvalue weighted by molar-refractivity contribution is 5.78. The molecule has 1 aromatic carbocycles. The van der Waals surface area contributed by atoms with Crippen LogP contribution in [0.25, 0.3) is 0 Å². The normalized spacial score (nSPS) is 23.4. The zero-order chi connectivity index (χ0) is 16.1. The molecule has 1 aromatic rings. The molecule has 2 fully saturated rings. The average molecular weight is 311 g/mol. The second-order valence-corrected chi connectivity index (χ2v) is 6.77. The third-order valence-corrected chi connectivity index (χ3v) is 5.17. The van der Waals surface area contributed by atoms with Gasteiger partial charge in [0, 0.05) is 13.1 Å². The van der Waals surface area contributed by atoms with Crippen molar-refractivity contribution in [1.29, 1.82) is 5.26 Å². The van der Waals surface area contributed by atoms with E-state index in [0.29, 0.717) is 19.0 Å². The van der Waals surface area contributed by atoms with Crippen molar-refractivity contribution < 1.29 is 4.79 Å². The molecule has 0 spiro atoms. The predicted octanol–water partition coefficient (Wildman–Crippen LogP) is 2.63. The summed E-state index contributed by atoms with van der Waals surface area (Å²) < 4.78 is 0. The molecule has 0 radical (unpaired) electrons. The van der Waals surface area contributed by atoms with Crippen LogP contribution in [-0.2, 0) is 4.79 Å². The quantitative estimate of drug-likeness (QED) is 0.862. The van der Waals surface area contributed by atoms with Crippen molar-refractivity contribution in [3.05, 3.63) is 35.9 Å². The van der Waals surface area contributed by atoms with E-state index >= 15 is 0 Å². The third-order valence-electron chi connectivity index (χ3n) is 5.17. The van der Waals surface area contributed by atoms with Crippen LogP contribution in [0.1, 0.15) is 37.2 Å². The van der Waals surface area contributed by atoms with Crippen LogP contribution < -0.4 is 0 Å². The molecule has 0 N–H and O–H groups in total. The molecular formula is C19H25N3O. The lowest BCUT2D eigenvalue weighted by Crippen LogP contribution is -2.46. The van der Waals surface area contributed by atoms with Gasteiger partial charge < -0.3 is 4.90 Å². The third kappa shape index (κ3) is 4.11. The van der Waals surface area contributed by atoms with Gasteiger partial charge >= 0.3 is 0 Å². The Morgan fingerprint density at radius 2 is 1.87 bits per heavy atom. The summed E-state index contributed by atoms with van der Waals surface area (Å²) in [5.41, 5.74) is 1.42. The molecule has 2 aliphatic rings. The van der Waals surface area contributed by atoms with E-state index < -0.39 is 0 Å². The Hall–Kier alpha value is -1.86. The second-order valence-electron chi connectivity index (χ2n) is 6.77. The van der Waals surface area contributed by atoms with Crippen LogP contribution in [0.2, 0.25) is 0 Å². The first-order valence-electron chi connectivity index (χ1n) is 8.71. The zero-order valence-corrected chi connectivity index (χ0v) is 13.7. The summed E-state index contributed by atoms with van der Waals surface area (Å²) in [4.78, 5) is 16.6. The van der Waals surface area contributed by atoms with Crippen LogP contribution in [0.4, 0.5) is 0 Å². The van der Waals surface area contributed by atoms with E-state index in [9.17, 15) is 4.79 Å². The number of nitriles is 1. The van der Waals surface area contributed by atoms with Crippen molar-refractivity contribution in [3.63, 3.8) is 0 Å². The van der Waals surface area contributed by atoms with Crippen LogP contribution in [-0.4, -0.2) is 48.4 Å². The number of hydrogen-bond donors (Lipinski definition) is 0. The molecule has 0 aliphatic carbocycles. The molecule has 1 amide bonds. The topological polar surface area (TPSA) is 47.3 Å². The van der Waals surface area contributed by atoms with Gasteiger partial charge in [-0.05, 0) is 50.3 Å². The molecule has 2 heterocycles. The maximum Gasteiger partial charge on any atom is 0.236 e. The number of carbonyl (C=O) groups is 1. The maximum atomic E-state index is 12.5. The summed E-state index contributed by atoms with van der Waals surface area (Å²) in [5.74, 6) is 0.847. The number of nitrogens with zero attached hydrogens (tertiary/aromatic N) is 3. The van der Waals surface area contributed by atoms with E-state index in [0.717, 1.165) is 45.3 Å². The summed E-state index contributed by atoms with van der Waals surface area (Å²) in [6.07, 6.45) is 4.14. The molecule has 1 atom stereocenters. The van der Waals surface area contributed by atoms with Crippen LogP contribution in [0.15, 0.2) is 30.3 Å². The molecule has 3 rings (SSSR count). The minimum absolute atomic E-state index is 0.0246. The van der Waals surface area contributed by atoms with Gasteiger partial charge in [0.2, 0.25) is 5.91 Å². The molecule has 0 saturated carbocycles. The first-order valence-corrected chi connectivity index (χ1v) is 8.71. The van der Waals surface area contributed by atoms with Crippen molar-refractivity contribution in [1.82, 2.24) is 9.80 Å². The Labute approximate surface area is 138 Å². The molecule has 0 unspecified atom stereocenters. The number of likely N-dealkylation sites (tertiary alicyclic amines) is 2. The van der Waals surface area contributed by atoms with E-state index in [1.54, 1.807) is 0 Å². The van der Waals surface area contributed by atoms with E-state index in [1.165, 1.54) is 5.56 Å². The summed E-state index contributed by atoms with van der Waals surface area (Å²) in [7, 11) is 0. The van der Waals surface area contributed by atoms with E-state index in [-0.39, 0.29) is 11.8 Å². The molecule has 0 aromatic heterocycles. The van der Waals surface area contributed by atoms with Gasteiger partial charge in [0.15, 0.2) is 0 Å². The fraction of sp³-hybridized carbons (Fsp3) is 0.579. The van der Waals surface area contributed by atoms with Gasteiger partial charge in [-0.3, -0.25) is 9.69 Å². The Morgan fingerprint density at radius 3 is 2.57 bits per heavy atom. The number of amides is 1. The summed E-state index contributed by atoms with van der Waals surface area (Å²) >= 11 is 0. The van der Waals surface area contributed by atoms with Crippen molar-refractivity contribution in [2.75, 3.05) is 32.7 Å². The standard InChI is InChI=1S/C19H25N3O/c20-13-16-5-4-10-22(14-16)19(23)15-21-11-8-18(9-12-21)17-6-2-1-3-7-17/h1-3,6-7,16,18H,4-5,8-12,14-15H2/t16-/m0/s1. The molecule has 2 aliphatic heterocycles. The van der Waals surface area contributed by atoms with Gasteiger partial charge in [-0.1, -0.05) is 30.3 Å². The predicted molar refractivity (Wildman–Crippen MR) is 89.8 cm³/mol. The minimum atomic E-state index is 0.0246. The number of benzene rings is 1. The lowest BCUT2D eigenvalue weighted by molar-refractivity contribution is -0.134. The van der Waals surface area contributed by atoms with Gasteiger partial charge in [-0.15, -0.1) is 0 Å². The van der Waals surface area contributed by atoms with Crippen LogP contribution in [0, 0.1) is 17.2 Å². The smallest absolute Gasteiger partial charge is 0.236 e. The minimum Gasteiger partial charge on any atom is -0.340 e. The second kappa shape index (κ2) is 7.61.